The molecular formula is C28H34N4O7S. The number of para-hydroxylation sites is 2. The van der Waals surface area contributed by atoms with Crippen LogP contribution in [0.1, 0.15) is 42.4 Å². The minimum absolute atomic E-state index is 0.0207. The second-order valence-electron chi connectivity index (χ2n) is 9.63. The van der Waals surface area contributed by atoms with Crippen molar-refractivity contribution in [3.8, 4) is 0 Å². The lowest BCUT2D eigenvalue weighted by molar-refractivity contribution is -0.130. The number of ether oxygens (including phenoxy) is 1. The van der Waals surface area contributed by atoms with Gasteiger partial charge in [0.2, 0.25) is 0 Å². The molecule has 0 bridgehead atoms. The summed E-state index contributed by atoms with van der Waals surface area (Å²) in [5, 5.41) is 2.59. The summed E-state index contributed by atoms with van der Waals surface area (Å²) in [6, 6.07) is 13.3. The molecule has 4 rings (SSSR count). The Bertz CT molecular complexity index is 1390. The molecule has 11 nitrogen and oxygen atoms in total. The van der Waals surface area contributed by atoms with Gasteiger partial charge in [0, 0.05) is 19.6 Å². The fraction of sp³-hybridized carbons (Fsp3) is 0.429. The van der Waals surface area contributed by atoms with Gasteiger partial charge < -0.3 is 19.4 Å². The summed E-state index contributed by atoms with van der Waals surface area (Å²) in [6.45, 7) is 3.26. The Balaban J connectivity index is 1.62. The number of morpholine rings is 1. The zero-order valence-corrected chi connectivity index (χ0v) is 23.3. The molecule has 0 radical (unpaired) electrons. The van der Waals surface area contributed by atoms with Crippen LogP contribution in [0.4, 0.5) is 4.79 Å². The number of carbonyl (C=O) groups is 3. The maximum Gasteiger partial charge on any atom is 0.318 e. The molecule has 2 aromatic carbocycles. The van der Waals surface area contributed by atoms with Crippen LogP contribution in [0, 0.1) is 0 Å². The molecule has 2 heterocycles. The summed E-state index contributed by atoms with van der Waals surface area (Å²) in [4.78, 5) is 47.2. The van der Waals surface area contributed by atoms with Gasteiger partial charge in [0.1, 0.15) is 11.6 Å². The number of nitrogens with one attached hydrogen (secondary N) is 1. The number of amides is 4. The molecule has 1 fully saturated rings. The van der Waals surface area contributed by atoms with E-state index in [0.717, 1.165) is 17.7 Å². The molecule has 1 atom stereocenters. The normalized spacial score (nSPS) is 14.6. The van der Waals surface area contributed by atoms with E-state index in [2.05, 4.69) is 10.3 Å². The van der Waals surface area contributed by atoms with Gasteiger partial charge in [-0.15, -0.1) is 0 Å². The van der Waals surface area contributed by atoms with Gasteiger partial charge in [0.15, 0.2) is 15.4 Å². The molecule has 1 aliphatic rings. The topological polar surface area (TPSA) is 139 Å². The first-order valence-electron chi connectivity index (χ1n) is 13.4. The van der Waals surface area contributed by atoms with E-state index in [9.17, 15) is 22.8 Å². The van der Waals surface area contributed by atoms with Gasteiger partial charge in [-0.3, -0.25) is 14.5 Å². The highest BCUT2D eigenvalue weighted by Gasteiger charge is 2.36. The Morgan fingerprint density at radius 1 is 1.02 bits per heavy atom. The van der Waals surface area contributed by atoms with Crippen molar-refractivity contribution in [1.29, 1.82) is 0 Å². The molecule has 1 unspecified atom stereocenters. The van der Waals surface area contributed by atoms with Crippen molar-refractivity contribution < 1.29 is 32.0 Å². The number of imide groups is 1. The van der Waals surface area contributed by atoms with E-state index in [1.807, 2.05) is 6.92 Å². The number of hydrogen-bond acceptors (Lipinski definition) is 8. The Labute approximate surface area is 233 Å². The van der Waals surface area contributed by atoms with E-state index in [4.69, 9.17) is 9.15 Å². The average Bonchev–Trinajstić information content (AvgIpc) is 3.39. The fourth-order valence-electron chi connectivity index (χ4n) is 4.42. The molecule has 4 amide bonds. The number of rotatable bonds is 11. The summed E-state index contributed by atoms with van der Waals surface area (Å²) in [5.74, 6) is -2.90. The van der Waals surface area contributed by atoms with Gasteiger partial charge in [-0.05, 0) is 24.1 Å². The predicted molar refractivity (Wildman–Crippen MR) is 148 cm³/mol. The number of fused-ring (bicyclic) bond motifs is 1. The summed E-state index contributed by atoms with van der Waals surface area (Å²) in [7, 11) is -3.88. The van der Waals surface area contributed by atoms with E-state index in [-0.39, 0.29) is 18.2 Å². The van der Waals surface area contributed by atoms with Gasteiger partial charge >= 0.3 is 11.9 Å². The first-order valence-corrected chi connectivity index (χ1v) is 15.2. The van der Waals surface area contributed by atoms with Crippen molar-refractivity contribution in [2.45, 2.75) is 38.0 Å². The molecule has 1 aliphatic heterocycles. The number of benzene rings is 2. The lowest BCUT2D eigenvalue weighted by Gasteiger charge is -2.30. The van der Waals surface area contributed by atoms with Gasteiger partial charge in [-0.25, -0.2) is 18.2 Å². The number of nitrogens with zero attached hydrogens (tertiary/aromatic N) is 3. The fourth-order valence-corrected chi connectivity index (χ4v) is 5.97. The van der Waals surface area contributed by atoms with Crippen LogP contribution in [0.2, 0.25) is 0 Å². The Morgan fingerprint density at radius 2 is 1.73 bits per heavy atom. The molecule has 1 aromatic heterocycles. The lowest BCUT2D eigenvalue weighted by Crippen LogP contribution is -2.57. The largest absolute Gasteiger partial charge is 0.432 e. The molecule has 3 aromatic rings. The van der Waals surface area contributed by atoms with Gasteiger partial charge in [0.05, 0.1) is 24.7 Å². The van der Waals surface area contributed by atoms with E-state index < -0.39 is 39.5 Å². The summed E-state index contributed by atoms with van der Waals surface area (Å²) >= 11 is 0. The Hall–Kier alpha value is -3.77. The zero-order valence-electron chi connectivity index (χ0n) is 22.5. The number of aromatic nitrogens is 1. The molecule has 0 aliphatic carbocycles. The van der Waals surface area contributed by atoms with Gasteiger partial charge in [-0.1, -0.05) is 62.2 Å². The molecule has 1 N–H and O–H groups in total. The van der Waals surface area contributed by atoms with Crippen molar-refractivity contribution in [2.24, 2.45) is 0 Å². The number of oxazole rings is 1. The van der Waals surface area contributed by atoms with Crippen LogP contribution in [0.5, 0.6) is 0 Å². The average molecular weight is 571 g/mol. The van der Waals surface area contributed by atoms with Crippen LogP contribution >= 0.6 is 0 Å². The van der Waals surface area contributed by atoms with Gasteiger partial charge in [-0.2, -0.15) is 0 Å². The van der Waals surface area contributed by atoms with Crippen LogP contribution in [-0.2, 0) is 25.1 Å². The van der Waals surface area contributed by atoms with Crippen LogP contribution in [-0.4, -0.2) is 85.7 Å². The first-order chi connectivity index (χ1) is 19.3. The van der Waals surface area contributed by atoms with Crippen molar-refractivity contribution in [2.75, 3.05) is 38.6 Å². The number of sulfone groups is 1. The Morgan fingerprint density at radius 3 is 2.42 bits per heavy atom. The molecular weight excluding hydrogens is 536 g/mol. The summed E-state index contributed by atoms with van der Waals surface area (Å²) < 4.78 is 37.4. The second kappa shape index (κ2) is 13.5. The first kappa shape index (κ1) is 29.2. The number of hydrogen-bond donors (Lipinski definition) is 1. The monoisotopic (exact) mass is 570 g/mol. The van der Waals surface area contributed by atoms with Crippen molar-refractivity contribution in [3.63, 3.8) is 0 Å². The predicted octanol–water partition coefficient (Wildman–Crippen LogP) is 3.01. The maximum atomic E-state index is 13.9. The minimum Gasteiger partial charge on any atom is -0.432 e. The van der Waals surface area contributed by atoms with Crippen molar-refractivity contribution in [3.05, 3.63) is 66.1 Å². The van der Waals surface area contributed by atoms with E-state index >= 15 is 0 Å². The summed E-state index contributed by atoms with van der Waals surface area (Å²) in [5.41, 5.74) is 1.39. The van der Waals surface area contributed by atoms with Crippen molar-refractivity contribution in [1.82, 2.24) is 20.1 Å². The third-order valence-electron chi connectivity index (χ3n) is 6.52. The van der Waals surface area contributed by atoms with E-state index in [1.54, 1.807) is 54.6 Å². The zero-order chi connectivity index (χ0) is 28.5. The third-order valence-corrected chi connectivity index (χ3v) is 8.13. The van der Waals surface area contributed by atoms with Crippen molar-refractivity contribution >= 4 is 38.8 Å². The number of urea groups is 1. The number of carbonyl (C=O) groups excluding carboxylic acids is 3. The SMILES string of the molecule is CCCCCN(C(=O)c1nc2ccccc2o1)C(=O)C(CS(=O)(=O)Cc1ccccc1)NC(=O)N1CCOCC1. The van der Waals surface area contributed by atoms with E-state index in [0.29, 0.717) is 49.4 Å². The third kappa shape index (κ3) is 7.66. The van der Waals surface area contributed by atoms with E-state index in [1.165, 1.54) is 4.90 Å². The molecule has 12 heteroatoms. The lowest BCUT2D eigenvalue weighted by atomic mass is 10.2. The van der Waals surface area contributed by atoms with Crippen LogP contribution < -0.4 is 5.32 Å². The second-order valence-corrected chi connectivity index (χ2v) is 11.7. The smallest absolute Gasteiger partial charge is 0.318 e. The van der Waals surface area contributed by atoms with Gasteiger partial charge in [0.25, 0.3) is 11.8 Å². The Kier molecular flexibility index (Phi) is 9.88. The van der Waals surface area contributed by atoms with Crippen LogP contribution in [0.15, 0.2) is 59.0 Å². The number of unbranched alkanes of at least 4 members (excludes halogenated alkanes) is 2. The molecule has 40 heavy (non-hydrogen) atoms. The highest BCUT2D eigenvalue weighted by molar-refractivity contribution is 7.90. The minimum atomic E-state index is -3.88. The maximum absolute atomic E-state index is 13.9. The standard InChI is InChI=1S/C28H34N4O7S/c1-2-3-9-14-32(27(34)25-29-22-12-7-8-13-24(22)39-25)26(33)23(30-28(35)31-15-17-38-18-16-31)20-40(36,37)19-21-10-5-4-6-11-21/h4-8,10-13,23H,2-3,9,14-20H2,1H3,(H,30,35). The molecule has 0 spiro atoms. The highest BCUT2D eigenvalue weighted by Crippen LogP contribution is 2.18. The van der Waals surface area contributed by atoms with Crippen LogP contribution in [0.25, 0.3) is 11.1 Å². The molecule has 214 valence electrons. The summed E-state index contributed by atoms with van der Waals surface area (Å²) in [6.07, 6.45) is 2.07. The highest BCUT2D eigenvalue weighted by atomic mass is 32.2. The van der Waals surface area contributed by atoms with Crippen LogP contribution in [0.3, 0.4) is 0 Å². The quantitative estimate of drug-likeness (QED) is 0.347. The molecule has 1 saturated heterocycles. The molecule has 0 saturated carbocycles.